The number of rotatable bonds is 3. The van der Waals surface area contributed by atoms with Gasteiger partial charge >= 0.3 is 0 Å². The Hall–Kier alpha value is -1.10. The molecule has 1 aromatic carbocycles. The van der Waals surface area contributed by atoms with Gasteiger partial charge < -0.3 is 21.1 Å². The summed E-state index contributed by atoms with van der Waals surface area (Å²) in [6.07, 6.45) is -0.898. The van der Waals surface area contributed by atoms with Crippen LogP contribution in [-0.2, 0) is 0 Å². The van der Waals surface area contributed by atoms with Gasteiger partial charge in [-0.25, -0.2) is 0 Å². The first-order valence-corrected chi connectivity index (χ1v) is 3.98. The number of benzene rings is 1. The van der Waals surface area contributed by atoms with Crippen LogP contribution in [0.2, 0.25) is 0 Å². The average molecular weight is 183 g/mol. The molecule has 0 heterocycles. The van der Waals surface area contributed by atoms with Gasteiger partial charge in [0.05, 0.1) is 18.8 Å². The minimum Gasteiger partial charge on any atom is -0.508 e. The van der Waals surface area contributed by atoms with Gasteiger partial charge in [0.15, 0.2) is 0 Å². The summed E-state index contributed by atoms with van der Waals surface area (Å²) in [6, 6.07) is 5.36. The van der Waals surface area contributed by atoms with E-state index in [0.717, 1.165) is 0 Å². The smallest absolute Gasteiger partial charge is 0.115 e. The molecule has 0 fully saturated rings. The number of hydrogen-bond donors (Lipinski definition) is 4. The summed E-state index contributed by atoms with van der Waals surface area (Å²) >= 11 is 0. The fourth-order valence-electron chi connectivity index (χ4n) is 1.02. The lowest BCUT2D eigenvalue weighted by molar-refractivity contribution is 0.109. The number of hydrogen-bond acceptors (Lipinski definition) is 4. The number of aliphatic hydroxyl groups excluding tert-OH is 2. The molecule has 0 spiro atoms. The van der Waals surface area contributed by atoms with Crippen molar-refractivity contribution >= 4 is 0 Å². The molecule has 1 rings (SSSR count). The van der Waals surface area contributed by atoms with E-state index in [2.05, 4.69) is 0 Å². The predicted octanol–water partition coefficient (Wildman–Crippen LogP) is -0.255. The van der Waals surface area contributed by atoms with Crippen LogP contribution in [0.1, 0.15) is 11.7 Å². The van der Waals surface area contributed by atoms with Gasteiger partial charge in [0, 0.05) is 0 Å². The lowest BCUT2D eigenvalue weighted by Crippen LogP contribution is -2.31. The van der Waals surface area contributed by atoms with Crippen molar-refractivity contribution in [2.24, 2.45) is 5.73 Å². The number of phenols is 1. The van der Waals surface area contributed by atoms with Gasteiger partial charge in [-0.05, 0) is 17.7 Å². The molecule has 0 saturated carbocycles. The maximum absolute atomic E-state index is 9.51. The second-order valence-electron chi connectivity index (χ2n) is 2.88. The molecule has 0 bridgehead atoms. The van der Waals surface area contributed by atoms with Crippen LogP contribution in [0.4, 0.5) is 0 Å². The van der Waals surface area contributed by atoms with Gasteiger partial charge in [0.1, 0.15) is 5.75 Å². The summed E-state index contributed by atoms with van der Waals surface area (Å²) in [6.45, 7) is -0.276. The van der Waals surface area contributed by atoms with Crippen molar-refractivity contribution in [3.63, 3.8) is 0 Å². The van der Waals surface area contributed by atoms with Crippen LogP contribution >= 0.6 is 0 Å². The Kier molecular flexibility index (Phi) is 3.25. The SMILES string of the molecule is N[C@@H](CO)[C@@H](O)c1ccc(O)cc1. The molecular formula is C9H13NO3. The van der Waals surface area contributed by atoms with E-state index < -0.39 is 12.1 Å². The molecule has 13 heavy (non-hydrogen) atoms. The molecule has 0 aliphatic rings. The van der Waals surface area contributed by atoms with Gasteiger partial charge in [0.25, 0.3) is 0 Å². The Morgan fingerprint density at radius 2 is 1.77 bits per heavy atom. The lowest BCUT2D eigenvalue weighted by Gasteiger charge is -2.16. The van der Waals surface area contributed by atoms with E-state index in [1.54, 1.807) is 12.1 Å². The highest BCUT2D eigenvalue weighted by Gasteiger charge is 2.15. The molecule has 0 aliphatic carbocycles. The first kappa shape index (κ1) is 9.98. The third-order valence-corrected chi connectivity index (χ3v) is 1.85. The third kappa shape index (κ3) is 2.42. The summed E-state index contributed by atoms with van der Waals surface area (Å²) in [5.74, 6) is 0.133. The molecule has 0 unspecified atom stereocenters. The summed E-state index contributed by atoms with van der Waals surface area (Å²) in [5, 5.41) is 27.2. The Morgan fingerprint density at radius 1 is 1.23 bits per heavy atom. The molecule has 5 N–H and O–H groups in total. The molecule has 72 valence electrons. The van der Waals surface area contributed by atoms with Gasteiger partial charge in [0.2, 0.25) is 0 Å². The zero-order valence-electron chi connectivity index (χ0n) is 7.09. The van der Waals surface area contributed by atoms with Crippen molar-refractivity contribution in [1.82, 2.24) is 0 Å². The van der Waals surface area contributed by atoms with E-state index >= 15 is 0 Å². The molecule has 2 atom stereocenters. The quantitative estimate of drug-likeness (QED) is 0.520. The Balaban J connectivity index is 2.77. The second-order valence-corrected chi connectivity index (χ2v) is 2.88. The van der Waals surface area contributed by atoms with Gasteiger partial charge in [-0.1, -0.05) is 12.1 Å². The van der Waals surface area contributed by atoms with Crippen LogP contribution in [0, 0.1) is 0 Å². The number of phenolic OH excluding ortho intramolecular Hbond substituents is 1. The number of aliphatic hydroxyl groups is 2. The molecule has 0 radical (unpaired) electrons. The van der Waals surface area contributed by atoms with Crippen LogP contribution in [0.25, 0.3) is 0 Å². The van der Waals surface area contributed by atoms with Crippen molar-refractivity contribution in [2.45, 2.75) is 12.1 Å². The third-order valence-electron chi connectivity index (χ3n) is 1.85. The van der Waals surface area contributed by atoms with Gasteiger partial charge in [-0.15, -0.1) is 0 Å². The van der Waals surface area contributed by atoms with Crippen molar-refractivity contribution in [3.8, 4) is 5.75 Å². The van der Waals surface area contributed by atoms with Crippen LogP contribution in [-0.4, -0.2) is 28.0 Å². The van der Waals surface area contributed by atoms with Crippen LogP contribution in [0.5, 0.6) is 5.75 Å². The monoisotopic (exact) mass is 183 g/mol. The van der Waals surface area contributed by atoms with Crippen molar-refractivity contribution < 1.29 is 15.3 Å². The Bertz CT molecular complexity index is 260. The predicted molar refractivity (Wildman–Crippen MR) is 48.1 cm³/mol. The minimum atomic E-state index is -0.898. The summed E-state index contributed by atoms with van der Waals surface area (Å²) in [7, 11) is 0. The zero-order chi connectivity index (χ0) is 9.84. The summed E-state index contributed by atoms with van der Waals surface area (Å²) < 4.78 is 0. The first-order chi connectivity index (χ1) is 6.15. The standard InChI is InChI=1S/C9H13NO3/c10-8(5-11)9(13)6-1-3-7(12)4-2-6/h1-4,8-9,11-13H,5,10H2/t8-,9-/m0/s1. The van der Waals surface area contributed by atoms with E-state index in [4.69, 9.17) is 15.9 Å². The van der Waals surface area contributed by atoms with E-state index in [0.29, 0.717) is 5.56 Å². The minimum absolute atomic E-state index is 0.133. The largest absolute Gasteiger partial charge is 0.508 e. The van der Waals surface area contributed by atoms with Gasteiger partial charge in [-0.2, -0.15) is 0 Å². The molecular weight excluding hydrogens is 170 g/mol. The Labute approximate surface area is 76.2 Å². The summed E-state index contributed by atoms with van der Waals surface area (Å²) in [5.41, 5.74) is 6.01. The summed E-state index contributed by atoms with van der Waals surface area (Å²) in [4.78, 5) is 0. The number of nitrogens with two attached hydrogens (primary N) is 1. The Morgan fingerprint density at radius 3 is 2.23 bits per heavy atom. The van der Waals surface area contributed by atoms with E-state index in [9.17, 15) is 5.11 Å². The van der Waals surface area contributed by atoms with E-state index in [-0.39, 0.29) is 12.4 Å². The average Bonchev–Trinajstić information content (AvgIpc) is 2.17. The second kappa shape index (κ2) is 4.23. The van der Waals surface area contributed by atoms with E-state index in [1.807, 2.05) is 0 Å². The molecule has 0 saturated heterocycles. The van der Waals surface area contributed by atoms with Crippen LogP contribution in [0.15, 0.2) is 24.3 Å². The molecule has 0 aliphatic heterocycles. The fraction of sp³-hybridized carbons (Fsp3) is 0.333. The molecule has 1 aromatic rings. The highest BCUT2D eigenvalue weighted by atomic mass is 16.3. The maximum Gasteiger partial charge on any atom is 0.115 e. The maximum atomic E-state index is 9.51. The highest BCUT2D eigenvalue weighted by molar-refractivity contribution is 5.27. The molecule has 4 nitrogen and oxygen atoms in total. The normalized spacial score (nSPS) is 15.3. The van der Waals surface area contributed by atoms with E-state index in [1.165, 1.54) is 12.1 Å². The zero-order valence-corrected chi connectivity index (χ0v) is 7.09. The molecule has 4 heteroatoms. The van der Waals surface area contributed by atoms with Gasteiger partial charge in [-0.3, -0.25) is 0 Å². The molecule has 0 amide bonds. The van der Waals surface area contributed by atoms with Crippen LogP contribution in [0.3, 0.4) is 0 Å². The first-order valence-electron chi connectivity index (χ1n) is 3.98. The molecule has 0 aromatic heterocycles. The lowest BCUT2D eigenvalue weighted by atomic mass is 10.0. The van der Waals surface area contributed by atoms with Crippen molar-refractivity contribution in [1.29, 1.82) is 0 Å². The highest BCUT2D eigenvalue weighted by Crippen LogP contribution is 2.18. The van der Waals surface area contributed by atoms with Crippen molar-refractivity contribution in [2.75, 3.05) is 6.61 Å². The van der Waals surface area contributed by atoms with Crippen LogP contribution < -0.4 is 5.73 Å². The topological polar surface area (TPSA) is 86.7 Å². The van der Waals surface area contributed by atoms with Crippen molar-refractivity contribution in [3.05, 3.63) is 29.8 Å². The fourth-order valence-corrected chi connectivity index (χ4v) is 1.02. The number of aromatic hydroxyl groups is 1.